The third-order valence-electron chi connectivity index (χ3n) is 1.96. The van der Waals surface area contributed by atoms with Crippen molar-refractivity contribution >= 4 is 11.5 Å². The molecule has 0 radical (unpaired) electrons. The number of anilines is 2. The maximum atomic E-state index is 9.06. The minimum atomic E-state index is -0.298. The highest BCUT2D eigenvalue weighted by Gasteiger charge is 2.10. The summed E-state index contributed by atoms with van der Waals surface area (Å²) < 4.78 is 4.91. The first-order chi connectivity index (χ1) is 7.71. The number of methoxy groups -OCH3 is 1. The molecule has 0 aliphatic heterocycles. The Morgan fingerprint density at radius 2 is 2.50 bits per heavy atom. The van der Waals surface area contributed by atoms with E-state index in [2.05, 4.69) is 10.3 Å². The van der Waals surface area contributed by atoms with E-state index in [9.17, 15) is 0 Å². The lowest BCUT2D eigenvalue weighted by molar-refractivity contribution is 0.153. The molecule has 1 rings (SSSR count). The van der Waals surface area contributed by atoms with Gasteiger partial charge in [-0.15, -0.1) is 0 Å². The lowest BCUT2D eigenvalue weighted by atomic mass is 10.2. The van der Waals surface area contributed by atoms with Crippen LogP contribution < -0.4 is 11.1 Å². The van der Waals surface area contributed by atoms with Crippen LogP contribution in [0.2, 0.25) is 0 Å². The van der Waals surface area contributed by atoms with Gasteiger partial charge in [-0.25, -0.2) is 4.98 Å². The summed E-state index contributed by atoms with van der Waals surface area (Å²) in [5.74, 6) is 0.396. The first kappa shape index (κ1) is 12.2. The van der Waals surface area contributed by atoms with Gasteiger partial charge in [0.2, 0.25) is 0 Å². The van der Waals surface area contributed by atoms with Gasteiger partial charge in [0.25, 0.3) is 0 Å². The number of aromatic nitrogens is 1. The molecule has 0 aliphatic carbocycles. The Morgan fingerprint density at radius 1 is 1.75 bits per heavy atom. The quantitative estimate of drug-likeness (QED) is 0.645. The summed E-state index contributed by atoms with van der Waals surface area (Å²) in [5.41, 5.74) is 6.28. The van der Waals surface area contributed by atoms with E-state index >= 15 is 0 Å². The van der Waals surface area contributed by atoms with Crippen molar-refractivity contribution in [3.8, 4) is 6.07 Å². The minimum absolute atomic E-state index is 0.106. The fraction of sp³-hybridized carbons (Fsp3) is 0.400. The second kappa shape index (κ2) is 5.90. The fourth-order valence-electron chi connectivity index (χ4n) is 1.22. The van der Waals surface area contributed by atoms with Crippen LogP contribution in [0.25, 0.3) is 0 Å². The van der Waals surface area contributed by atoms with Gasteiger partial charge in [-0.3, -0.25) is 0 Å². The number of nitrogens with one attached hydrogen (secondary N) is 1. The molecule has 4 N–H and O–H groups in total. The molecule has 1 unspecified atom stereocenters. The standard InChI is InChI=1S/C10H14N4O2/c1-16-6-9(5-15)14-10-7(3-11)2-8(12)4-13-10/h2,4,9,15H,5-6,12H2,1H3,(H,13,14). The molecule has 0 amide bonds. The van der Waals surface area contributed by atoms with Gasteiger partial charge in [0, 0.05) is 7.11 Å². The molecule has 1 aromatic rings. The number of nitriles is 1. The average Bonchev–Trinajstić information content (AvgIpc) is 2.30. The van der Waals surface area contributed by atoms with Crippen LogP contribution in [0, 0.1) is 11.3 Å². The highest BCUT2D eigenvalue weighted by molar-refractivity contribution is 5.57. The van der Waals surface area contributed by atoms with E-state index in [0.29, 0.717) is 23.7 Å². The van der Waals surface area contributed by atoms with E-state index in [1.54, 1.807) is 0 Å². The Labute approximate surface area is 93.7 Å². The van der Waals surface area contributed by atoms with Crippen LogP contribution in [-0.2, 0) is 4.74 Å². The number of pyridine rings is 1. The van der Waals surface area contributed by atoms with Crippen molar-refractivity contribution in [3.63, 3.8) is 0 Å². The van der Waals surface area contributed by atoms with Crippen molar-refractivity contribution in [1.29, 1.82) is 5.26 Å². The molecule has 0 saturated carbocycles. The molecule has 0 saturated heterocycles. The topological polar surface area (TPSA) is 104 Å². The normalized spacial score (nSPS) is 11.8. The second-order valence-corrected chi connectivity index (χ2v) is 3.26. The molecule has 0 aromatic carbocycles. The monoisotopic (exact) mass is 222 g/mol. The van der Waals surface area contributed by atoms with Gasteiger partial charge < -0.3 is 20.9 Å². The number of hydrogen-bond acceptors (Lipinski definition) is 6. The lowest BCUT2D eigenvalue weighted by Gasteiger charge is -2.16. The molecular weight excluding hydrogens is 208 g/mol. The van der Waals surface area contributed by atoms with Gasteiger partial charge >= 0.3 is 0 Å². The predicted molar refractivity (Wildman–Crippen MR) is 59.7 cm³/mol. The van der Waals surface area contributed by atoms with Crippen LogP contribution >= 0.6 is 0 Å². The van der Waals surface area contributed by atoms with E-state index in [0.717, 1.165) is 0 Å². The van der Waals surface area contributed by atoms with Crippen LogP contribution in [0.15, 0.2) is 12.3 Å². The van der Waals surface area contributed by atoms with Crippen LogP contribution in [-0.4, -0.2) is 36.5 Å². The Kier molecular flexibility index (Phi) is 4.51. The minimum Gasteiger partial charge on any atom is -0.397 e. The molecule has 1 aromatic heterocycles. The summed E-state index contributed by atoms with van der Waals surface area (Å²) >= 11 is 0. The highest BCUT2D eigenvalue weighted by atomic mass is 16.5. The van der Waals surface area contributed by atoms with Crippen molar-refractivity contribution in [2.24, 2.45) is 0 Å². The highest BCUT2D eigenvalue weighted by Crippen LogP contribution is 2.15. The zero-order chi connectivity index (χ0) is 12.0. The zero-order valence-corrected chi connectivity index (χ0v) is 8.97. The van der Waals surface area contributed by atoms with Gasteiger partial charge in [0.1, 0.15) is 11.9 Å². The molecule has 6 nitrogen and oxygen atoms in total. The largest absolute Gasteiger partial charge is 0.397 e. The number of nitrogen functional groups attached to an aromatic ring is 1. The number of rotatable bonds is 5. The van der Waals surface area contributed by atoms with Gasteiger partial charge in [0.15, 0.2) is 0 Å². The smallest absolute Gasteiger partial charge is 0.144 e. The molecule has 16 heavy (non-hydrogen) atoms. The van der Waals surface area contributed by atoms with E-state index in [4.69, 9.17) is 20.8 Å². The second-order valence-electron chi connectivity index (χ2n) is 3.26. The SMILES string of the molecule is COCC(CO)Nc1ncc(N)cc1C#N. The zero-order valence-electron chi connectivity index (χ0n) is 8.97. The summed E-state index contributed by atoms with van der Waals surface area (Å²) in [4.78, 5) is 3.99. The van der Waals surface area contributed by atoms with Crippen molar-refractivity contribution < 1.29 is 9.84 Å². The molecule has 86 valence electrons. The van der Waals surface area contributed by atoms with Gasteiger partial charge in [0.05, 0.1) is 36.7 Å². The maximum Gasteiger partial charge on any atom is 0.144 e. The Bertz CT molecular complexity index is 389. The van der Waals surface area contributed by atoms with Crippen molar-refractivity contribution in [1.82, 2.24) is 4.98 Å². The molecule has 0 spiro atoms. The number of ether oxygens (including phenoxy) is 1. The number of aliphatic hydroxyl groups excluding tert-OH is 1. The summed E-state index contributed by atoms with van der Waals surface area (Å²) in [6, 6.07) is 3.21. The van der Waals surface area contributed by atoms with Crippen molar-refractivity contribution in [2.75, 3.05) is 31.4 Å². The first-order valence-corrected chi connectivity index (χ1v) is 4.73. The summed E-state index contributed by atoms with van der Waals surface area (Å²) in [6.07, 6.45) is 1.45. The van der Waals surface area contributed by atoms with Crippen LogP contribution in [0.3, 0.4) is 0 Å². The predicted octanol–water partition coefficient (Wildman–Crippen LogP) is -0.0453. The van der Waals surface area contributed by atoms with Gasteiger partial charge in [-0.05, 0) is 6.07 Å². The van der Waals surface area contributed by atoms with Crippen molar-refractivity contribution in [2.45, 2.75) is 6.04 Å². The van der Waals surface area contributed by atoms with Gasteiger partial charge in [-0.2, -0.15) is 5.26 Å². The van der Waals surface area contributed by atoms with E-state index < -0.39 is 0 Å². The third kappa shape index (κ3) is 3.08. The number of nitrogens with two attached hydrogens (primary N) is 1. The number of hydrogen-bond donors (Lipinski definition) is 3. The van der Waals surface area contributed by atoms with Crippen LogP contribution in [0.4, 0.5) is 11.5 Å². The molecule has 1 atom stereocenters. The molecule has 1 heterocycles. The summed E-state index contributed by atoms with van der Waals surface area (Å²) in [7, 11) is 1.53. The van der Waals surface area contributed by atoms with E-state index in [1.807, 2.05) is 6.07 Å². The fourth-order valence-corrected chi connectivity index (χ4v) is 1.22. The molecular formula is C10H14N4O2. The maximum absolute atomic E-state index is 9.06. The first-order valence-electron chi connectivity index (χ1n) is 4.73. The molecule has 0 fully saturated rings. The number of aliphatic hydroxyl groups is 1. The molecule has 0 aliphatic rings. The Morgan fingerprint density at radius 3 is 3.06 bits per heavy atom. The lowest BCUT2D eigenvalue weighted by Crippen LogP contribution is -2.29. The summed E-state index contributed by atoms with van der Waals surface area (Å²) in [5, 5.41) is 20.8. The summed E-state index contributed by atoms with van der Waals surface area (Å²) in [6.45, 7) is 0.220. The Hall–Kier alpha value is -1.84. The third-order valence-corrected chi connectivity index (χ3v) is 1.96. The molecule has 6 heteroatoms. The Balaban J connectivity index is 2.83. The van der Waals surface area contributed by atoms with Gasteiger partial charge in [-0.1, -0.05) is 0 Å². The van der Waals surface area contributed by atoms with E-state index in [1.165, 1.54) is 19.4 Å². The van der Waals surface area contributed by atoms with E-state index in [-0.39, 0.29) is 12.6 Å². The van der Waals surface area contributed by atoms with Crippen LogP contribution in [0.1, 0.15) is 5.56 Å². The number of nitrogens with zero attached hydrogens (tertiary/aromatic N) is 2. The molecule has 0 bridgehead atoms. The van der Waals surface area contributed by atoms with Crippen molar-refractivity contribution in [3.05, 3.63) is 17.8 Å². The van der Waals surface area contributed by atoms with Crippen LogP contribution in [0.5, 0.6) is 0 Å². The average molecular weight is 222 g/mol.